The molecule has 1 aromatic heterocycles. The number of aromatic nitrogens is 1. The third-order valence-corrected chi connectivity index (χ3v) is 4.74. The van der Waals surface area contributed by atoms with Crippen molar-refractivity contribution in [1.29, 1.82) is 0 Å². The molecule has 5 heteroatoms. The van der Waals surface area contributed by atoms with Gasteiger partial charge in [0.05, 0.1) is 29.4 Å². The number of carbonyl (C=O) groups is 1. The van der Waals surface area contributed by atoms with E-state index in [-0.39, 0.29) is 24.0 Å². The van der Waals surface area contributed by atoms with Gasteiger partial charge in [0, 0.05) is 12.6 Å². The predicted octanol–water partition coefficient (Wildman–Crippen LogP) is 3.59. The van der Waals surface area contributed by atoms with Gasteiger partial charge in [0.15, 0.2) is 0 Å². The Morgan fingerprint density at radius 1 is 1.20 bits per heavy atom. The summed E-state index contributed by atoms with van der Waals surface area (Å²) in [6.45, 7) is 8.85. The zero-order valence-electron chi connectivity index (χ0n) is 15.4. The first-order valence-electron chi connectivity index (χ1n) is 8.70. The maximum Gasteiger partial charge on any atom is 0.229 e. The first-order valence-corrected chi connectivity index (χ1v) is 8.70. The van der Waals surface area contributed by atoms with E-state index in [9.17, 15) is 4.79 Å². The molecule has 5 nitrogen and oxygen atoms in total. The zero-order valence-corrected chi connectivity index (χ0v) is 15.4. The van der Waals surface area contributed by atoms with E-state index in [2.05, 4.69) is 32.9 Å². The van der Waals surface area contributed by atoms with Gasteiger partial charge in [-0.1, -0.05) is 35.5 Å². The number of hydrogen-bond acceptors (Lipinski definition) is 4. The topological polar surface area (TPSA) is 55.6 Å². The summed E-state index contributed by atoms with van der Waals surface area (Å²) in [6, 6.07) is 11.8. The lowest BCUT2D eigenvalue weighted by atomic mass is 9.92. The van der Waals surface area contributed by atoms with Gasteiger partial charge in [-0.05, 0) is 39.7 Å². The van der Waals surface area contributed by atoms with E-state index in [1.54, 1.807) is 6.07 Å². The summed E-state index contributed by atoms with van der Waals surface area (Å²) in [6.07, 6.45) is 2.53. The summed E-state index contributed by atoms with van der Waals surface area (Å²) < 4.78 is 11.1. The van der Waals surface area contributed by atoms with Crippen LogP contribution in [-0.4, -0.2) is 33.2 Å². The Bertz CT molecular complexity index is 708. The van der Waals surface area contributed by atoms with Gasteiger partial charge in [-0.25, -0.2) is 0 Å². The Hall–Kier alpha value is -2.14. The fraction of sp³-hybridized carbons (Fsp3) is 0.500. The van der Waals surface area contributed by atoms with Crippen molar-refractivity contribution in [2.75, 3.05) is 0 Å². The monoisotopic (exact) mass is 342 g/mol. The maximum atomic E-state index is 13.1. The van der Waals surface area contributed by atoms with E-state index in [4.69, 9.17) is 9.26 Å². The van der Waals surface area contributed by atoms with Crippen molar-refractivity contribution in [2.24, 2.45) is 0 Å². The number of ether oxygens (including phenoxy) is 1. The van der Waals surface area contributed by atoms with Crippen LogP contribution in [0.25, 0.3) is 0 Å². The van der Waals surface area contributed by atoms with E-state index >= 15 is 0 Å². The van der Waals surface area contributed by atoms with Crippen LogP contribution in [0.2, 0.25) is 0 Å². The molecule has 1 saturated heterocycles. The van der Waals surface area contributed by atoms with Crippen molar-refractivity contribution < 1.29 is 14.1 Å². The SMILES string of the molecule is CC1(C)C[C@@H](N(Cc2ccccc2)C(=O)Cc2ccon2)C(C)(C)O1. The minimum absolute atomic E-state index is 0.00195. The molecule has 1 amide bonds. The highest BCUT2D eigenvalue weighted by Gasteiger charge is 2.49. The quantitative estimate of drug-likeness (QED) is 0.833. The van der Waals surface area contributed by atoms with Crippen molar-refractivity contribution in [1.82, 2.24) is 10.1 Å². The smallest absolute Gasteiger partial charge is 0.229 e. The third-order valence-electron chi connectivity index (χ3n) is 4.74. The molecule has 1 aliphatic rings. The van der Waals surface area contributed by atoms with E-state index in [1.807, 2.05) is 35.2 Å². The van der Waals surface area contributed by atoms with Crippen LogP contribution in [0.3, 0.4) is 0 Å². The fourth-order valence-corrected chi connectivity index (χ4v) is 3.76. The molecule has 1 aliphatic heterocycles. The zero-order chi connectivity index (χ0) is 18.1. The van der Waals surface area contributed by atoms with Gasteiger partial charge in [-0.2, -0.15) is 0 Å². The predicted molar refractivity (Wildman–Crippen MR) is 94.8 cm³/mol. The Labute approximate surface area is 148 Å². The highest BCUT2D eigenvalue weighted by atomic mass is 16.5. The number of benzene rings is 1. The maximum absolute atomic E-state index is 13.1. The average molecular weight is 342 g/mol. The Morgan fingerprint density at radius 2 is 1.92 bits per heavy atom. The molecule has 0 unspecified atom stereocenters. The Kier molecular flexibility index (Phi) is 4.69. The van der Waals surface area contributed by atoms with Crippen LogP contribution in [0.4, 0.5) is 0 Å². The van der Waals surface area contributed by atoms with Crippen LogP contribution >= 0.6 is 0 Å². The molecule has 2 aromatic rings. The van der Waals surface area contributed by atoms with Gasteiger partial charge < -0.3 is 14.2 Å². The molecule has 1 atom stereocenters. The molecule has 0 bridgehead atoms. The van der Waals surface area contributed by atoms with Crippen molar-refractivity contribution in [3.8, 4) is 0 Å². The Balaban J connectivity index is 1.87. The largest absolute Gasteiger partial charge is 0.367 e. The number of nitrogens with zero attached hydrogens (tertiary/aromatic N) is 2. The van der Waals surface area contributed by atoms with Crippen molar-refractivity contribution in [2.45, 2.75) is 64.3 Å². The van der Waals surface area contributed by atoms with E-state index in [1.165, 1.54) is 6.26 Å². The highest BCUT2D eigenvalue weighted by molar-refractivity contribution is 5.78. The summed E-state index contributed by atoms with van der Waals surface area (Å²) in [5.41, 5.74) is 1.10. The van der Waals surface area contributed by atoms with E-state index < -0.39 is 5.60 Å². The van der Waals surface area contributed by atoms with Crippen LogP contribution in [0.5, 0.6) is 0 Å². The lowest BCUT2D eigenvalue weighted by molar-refractivity contribution is -0.138. The minimum atomic E-state index is -0.405. The lowest BCUT2D eigenvalue weighted by Crippen LogP contribution is -2.49. The second-order valence-corrected chi connectivity index (χ2v) is 7.86. The highest BCUT2D eigenvalue weighted by Crippen LogP contribution is 2.40. The van der Waals surface area contributed by atoms with Crippen LogP contribution in [-0.2, 0) is 22.5 Å². The second kappa shape index (κ2) is 6.64. The van der Waals surface area contributed by atoms with Gasteiger partial charge in [-0.3, -0.25) is 4.79 Å². The molecular weight excluding hydrogens is 316 g/mol. The summed E-state index contributed by atoms with van der Waals surface area (Å²) in [4.78, 5) is 15.0. The first kappa shape index (κ1) is 17.7. The van der Waals surface area contributed by atoms with Gasteiger partial charge in [0.2, 0.25) is 5.91 Å². The average Bonchev–Trinajstić information content (AvgIpc) is 3.10. The second-order valence-electron chi connectivity index (χ2n) is 7.86. The van der Waals surface area contributed by atoms with Crippen LogP contribution in [0.1, 0.15) is 45.4 Å². The molecule has 0 N–H and O–H groups in total. The minimum Gasteiger partial charge on any atom is -0.367 e. The molecule has 1 aromatic carbocycles. The van der Waals surface area contributed by atoms with Crippen LogP contribution < -0.4 is 0 Å². The van der Waals surface area contributed by atoms with Crippen LogP contribution in [0, 0.1) is 0 Å². The molecule has 3 rings (SSSR count). The summed E-state index contributed by atoms with van der Waals surface area (Å²) in [5, 5.41) is 3.88. The molecular formula is C20H26N2O3. The first-order chi connectivity index (χ1) is 11.8. The lowest BCUT2D eigenvalue weighted by Gasteiger charge is -2.36. The van der Waals surface area contributed by atoms with Gasteiger partial charge in [0.25, 0.3) is 0 Å². The van der Waals surface area contributed by atoms with Gasteiger partial charge >= 0.3 is 0 Å². The van der Waals surface area contributed by atoms with Crippen molar-refractivity contribution in [3.63, 3.8) is 0 Å². The molecule has 1 fully saturated rings. The van der Waals surface area contributed by atoms with Gasteiger partial charge in [-0.15, -0.1) is 0 Å². The molecule has 0 spiro atoms. The molecule has 0 aliphatic carbocycles. The third kappa shape index (κ3) is 4.10. The molecule has 25 heavy (non-hydrogen) atoms. The number of amides is 1. The fourth-order valence-electron chi connectivity index (χ4n) is 3.76. The number of carbonyl (C=O) groups excluding carboxylic acids is 1. The van der Waals surface area contributed by atoms with E-state index in [0.717, 1.165) is 12.0 Å². The molecule has 0 saturated carbocycles. The summed E-state index contributed by atoms with van der Waals surface area (Å²) >= 11 is 0. The standard InChI is InChI=1S/C20H26N2O3/c1-19(2)13-17(20(3,4)25-19)22(14-15-8-6-5-7-9-15)18(23)12-16-10-11-24-21-16/h5-11,17H,12-14H2,1-4H3/t17-/m1/s1. The number of hydrogen-bond donors (Lipinski definition) is 0. The molecule has 134 valence electrons. The summed E-state index contributed by atoms with van der Waals surface area (Å²) in [5.74, 6) is 0.0390. The van der Waals surface area contributed by atoms with Crippen molar-refractivity contribution >= 4 is 5.91 Å². The molecule has 0 radical (unpaired) electrons. The van der Waals surface area contributed by atoms with Crippen LogP contribution in [0.15, 0.2) is 47.2 Å². The number of rotatable bonds is 5. The van der Waals surface area contributed by atoms with E-state index in [0.29, 0.717) is 12.2 Å². The van der Waals surface area contributed by atoms with Crippen molar-refractivity contribution in [3.05, 3.63) is 53.9 Å². The summed E-state index contributed by atoms with van der Waals surface area (Å²) in [7, 11) is 0. The molecule has 2 heterocycles. The normalized spacial score (nSPS) is 21.2. The van der Waals surface area contributed by atoms with Gasteiger partial charge in [0.1, 0.15) is 6.26 Å². The Morgan fingerprint density at radius 3 is 2.48 bits per heavy atom.